The highest BCUT2D eigenvalue weighted by Crippen LogP contribution is 2.45. The Kier molecular flexibility index (Phi) is 3.80. The maximum absolute atomic E-state index is 12.9. The number of hydrogen-bond acceptors (Lipinski definition) is 3. The standard InChI is InChI=1S/C19H17BrN2O3/c1-25-12-6-7-16-14(10-12)19(18(24)21-16)8-9-22(11-19)17(23)13-4-2-3-5-15(13)20/h2-7,10H,8-9,11H2,1H3,(H,21,24)/t19-/m0/s1. The Morgan fingerprint density at radius 2 is 2.08 bits per heavy atom. The molecule has 0 unspecified atom stereocenters. The molecule has 2 amide bonds. The topological polar surface area (TPSA) is 58.6 Å². The summed E-state index contributed by atoms with van der Waals surface area (Å²) in [4.78, 5) is 27.4. The highest BCUT2D eigenvalue weighted by atomic mass is 79.9. The van der Waals surface area contributed by atoms with Crippen LogP contribution >= 0.6 is 15.9 Å². The quantitative estimate of drug-likeness (QED) is 0.841. The number of likely N-dealkylation sites (tertiary alicyclic amines) is 1. The van der Waals surface area contributed by atoms with E-state index in [1.54, 1.807) is 18.1 Å². The fourth-order valence-electron chi connectivity index (χ4n) is 3.71. The van der Waals surface area contributed by atoms with Crippen LogP contribution in [-0.2, 0) is 10.2 Å². The maximum atomic E-state index is 12.9. The van der Waals surface area contributed by atoms with E-state index >= 15 is 0 Å². The van der Waals surface area contributed by atoms with E-state index in [9.17, 15) is 9.59 Å². The summed E-state index contributed by atoms with van der Waals surface area (Å²) in [5, 5.41) is 2.95. The molecule has 4 rings (SSSR count). The molecule has 1 atom stereocenters. The first-order chi connectivity index (χ1) is 12.0. The van der Waals surface area contributed by atoms with Crippen LogP contribution in [0.5, 0.6) is 5.75 Å². The molecule has 5 nitrogen and oxygen atoms in total. The molecular weight excluding hydrogens is 384 g/mol. The number of fused-ring (bicyclic) bond motifs is 2. The molecule has 6 heteroatoms. The third-order valence-electron chi connectivity index (χ3n) is 5.09. The second-order valence-electron chi connectivity index (χ2n) is 6.40. The monoisotopic (exact) mass is 400 g/mol. The Bertz CT molecular complexity index is 883. The van der Waals surface area contributed by atoms with Gasteiger partial charge < -0.3 is 15.0 Å². The number of ether oxygens (including phenoxy) is 1. The zero-order valence-electron chi connectivity index (χ0n) is 13.7. The third kappa shape index (κ3) is 2.43. The van der Waals surface area contributed by atoms with E-state index in [0.717, 1.165) is 15.7 Å². The molecule has 1 fully saturated rings. The molecule has 1 saturated heterocycles. The highest BCUT2D eigenvalue weighted by molar-refractivity contribution is 9.10. The summed E-state index contributed by atoms with van der Waals surface area (Å²) in [6.45, 7) is 0.920. The molecule has 2 aliphatic heterocycles. The van der Waals surface area contributed by atoms with Crippen molar-refractivity contribution in [1.29, 1.82) is 0 Å². The number of amides is 2. The van der Waals surface area contributed by atoms with E-state index in [0.29, 0.717) is 30.8 Å². The Labute approximate surface area is 154 Å². The lowest BCUT2D eigenvalue weighted by Crippen LogP contribution is -2.39. The fraction of sp³-hybridized carbons (Fsp3) is 0.263. The van der Waals surface area contributed by atoms with E-state index in [1.165, 1.54) is 0 Å². The molecule has 2 aromatic rings. The number of rotatable bonds is 2. The van der Waals surface area contributed by atoms with E-state index in [1.807, 2.05) is 36.4 Å². The van der Waals surface area contributed by atoms with Crippen LogP contribution < -0.4 is 10.1 Å². The Balaban J connectivity index is 1.68. The summed E-state index contributed by atoms with van der Waals surface area (Å²) < 4.78 is 6.07. The van der Waals surface area contributed by atoms with Gasteiger partial charge in [-0.3, -0.25) is 9.59 Å². The molecule has 128 valence electrons. The second kappa shape index (κ2) is 5.88. The van der Waals surface area contributed by atoms with Gasteiger partial charge in [0, 0.05) is 23.2 Å². The van der Waals surface area contributed by atoms with Gasteiger partial charge in [-0.15, -0.1) is 0 Å². The number of carbonyl (C=O) groups excluding carboxylic acids is 2. The molecule has 2 aliphatic rings. The van der Waals surface area contributed by atoms with E-state index in [4.69, 9.17) is 4.74 Å². The SMILES string of the molecule is COc1ccc2c(c1)[C@@]1(CCN(C(=O)c3ccccc3Br)C1)C(=O)N2. The van der Waals surface area contributed by atoms with Gasteiger partial charge in [-0.2, -0.15) is 0 Å². The second-order valence-corrected chi connectivity index (χ2v) is 7.26. The Morgan fingerprint density at radius 3 is 2.84 bits per heavy atom. The van der Waals surface area contributed by atoms with Crippen LogP contribution in [0.15, 0.2) is 46.9 Å². The number of benzene rings is 2. The fourth-order valence-corrected chi connectivity index (χ4v) is 4.17. The summed E-state index contributed by atoms with van der Waals surface area (Å²) in [7, 11) is 1.61. The number of nitrogens with one attached hydrogen (secondary N) is 1. The van der Waals surface area contributed by atoms with E-state index in [2.05, 4.69) is 21.2 Å². The Morgan fingerprint density at radius 1 is 1.28 bits per heavy atom. The van der Waals surface area contributed by atoms with Gasteiger partial charge in [-0.25, -0.2) is 0 Å². The van der Waals surface area contributed by atoms with Gasteiger partial charge >= 0.3 is 0 Å². The van der Waals surface area contributed by atoms with Crippen LogP contribution in [0, 0.1) is 0 Å². The van der Waals surface area contributed by atoms with Gasteiger partial charge in [0.05, 0.1) is 18.1 Å². The number of halogens is 1. The number of carbonyl (C=O) groups is 2. The van der Waals surface area contributed by atoms with Crippen molar-refractivity contribution >= 4 is 33.4 Å². The van der Waals surface area contributed by atoms with Crippen LogP contribution in [-0.4, -0.2) is 36.9 Å². The third-order valence-corrected chi connectivity index (χ3v) is 5.78. The first-order valence-electron chi connectivity index (χ1n) is 8.09. The predicted molar refractivity (Wildman–Crippen MR) is 98.0 cm³/mol. The minimum absolute atomic E-state index is 0.0434. The summed E-state index contributed by atoms with van der Waals surface area (Å²) in [6.07, 6.45) is 0.606. The van der Waals surface area contributed by atoms with Crippen molar-refractivity contribution in [1.82, 2.24) is 4.90 Å². The van der Waals surface area contributed by atoms with Crippen molar-refractivity contribution in [2.24, 2.45) is 0 Å². The van der Waals surface area contributed by atoms with Crippen LogP contribution in [0.3, 0.4) is 0 Å². The van der Waals surface area contributed by atoms with Gasteiger partial charge in [0.15, 0.2) is 0 Å². The van der Waals surface area contributed by atoms with Crippen molar-refractivity contribution < 1.29 is 14.3 Å². The van der Waals surface area contributed by atoms with Gasteiger partial charge in [0.25, 0.3) is 5.91 Å². The van der Waals surface area contributed by atoms with Crippen LogP contribution in [0.1, 0.15) is 22.3 Å². The maximum Gasteiger partial charge on any atom is 0.255 e. The van der Waals surface area contributed by atoms with Crippen molar-refractivity contribution in [2.45, 2.75) is 11.8 Å². The van der Waals surface area contributed by atoms with Crippen molar-refractivity contribution in [3.8, 4) is 5.75 Å². The summed E-state index contributed by atoms with van der Waals surface area (Å²) in [5.74, 6) is 0.608. The number of hydrogen-bond donors (Lipinski definition) is 1. The minimum atomic E-state index is -0.694. The molecule has 0 aromatic heterocycles. The first kappa shape index (κ1) is 16.1. The Hall–Kier alpha value is -2.34. The van der Waals surface area contributed by atoms with Crippen LogP contribution in [0.25, 0.3) is 0 Å². The number of anilines is 1. The summed E-state index contributed by atoms with van der Waals surface area (Å²) in [6, 6.07) is 13.0. The highest BCUT2D eigenvalue weighted by Gasteiger charge is 2.52. The van der Waals surface area contributed by atoms with Gasteiger partial charge in [-0.1, -0.05) is 12.1 Å². The molecule has 2 heterocycles. The van der Waals surface area contributed by atoms with Gasteiger partial charge in [0.1, 0.15) is 5.75 Å². The molecule has 1 spiro atoms. The molecule has 2 aromatic carbocycles. The molecule has 25 heavy (non-hydrogen) atoms. The molecule has 0 radical (unpaired) electrons. The molecule has 0 saturated carbocycles. The normalized spacial score (nSPS) is 21.4. The zero-order chi connectivity index (χ0) is 17.6. The van der Waals surface area contributed by atoms with E-state index in [-0.39, 0.29) is 11.8 Å². The van der Waals surface area contributed by atoms with Gasteiger partial charge in [-0.05, 0) is 58.2 Å². The predicted octanol–water partition coefficient (Wildman–Crippen LogP) is 3.19. The van der Waals surface area contributed by atoms with Crippen LogP contribution in [0.2, 0.25) is 0 Å². The van der Waals surface area contributed by atoms with Crippen molar-refractivity contribution in [2.75, 3.05) is 25.5 Å². The average Bonchev–Trinajstić information content (AvgIpc) is 3.18. The molecule has 0 bridgehead atoms. The van der Waals surface area contributed by atoms with Gasteiger partial charge in [0.2, 0.25) is 5.91 Å². The zero-order valence-corrected chi connectivity index (χ0v) is 15.3. The van der Waals surface area contributed by atoms with Crippen LogP contribution in [0.4, 0.5) is 5.69 Å². The molecule has 0 aliphatic carbocycles. The smallest absolute Gasteiger partial charge is 0.255 e. The summed E-state index contributed by atoms with van der Waals surface area (Å²) in [5.41, 5.74) is 1.64. The van der Waals surface area contributed by atoms with Crippen molar-refractivity contribution in [3.63, 3.8) is 0 Å². The lowest BCUT2D eigenvalue weighted by molar-refractivity contribution is -0.120. The lowest BCUT2D eigenvalue weighted by Gasteiger charge is -2.23. The first-order valence-corrected chi connectivity index (χ1v) is 8.88. The van der Waals surface area contributed by atoms with E-state index < -0.39 is 5.41 Å². The summed E-state index contributed by atoms with van der Waals surface area (Å²) >= 11 is 3.43. The number of methoxy groups -OCH3 is 1. The molecular formula is C19H17BrN2O3. The van der Waals surface area contributed by atoms with Crippen molar-refractivity contribution in [3.05, 3.63) is 58.1 Å². The lowest BCUT2D eigenvalue weighted by atomic mass is 9.81. The molecule has 1 N–H and O–H groups in total. The minimum Gasteiger partial charge on any atom is -0.497 e. The number of nitrogens with zero attached hydrogens (tertiary/aromatic N) is 1. The largest absolute Gasteiger partial charge is 0.497 e. The average molecular weight is 401 g/mol.